The molecule has 0 aromatic heterocycles. The molecular formula is C8H14N2O3. The summed E-state index contributed by atoms with van der Waals surface area (Å²) in [6.45, 7) is -0.251. The Bertz CT molecular complexity index is 213. The van der Waals surface area contributed by atoms with Gasteiger partial charge in [0.2, 0.25) is 0 Å². The number of rotatable bonds is 3. The molecule has 13 heavy (non-hydrogen) atoms. The van der Waals surface area contributed by atoms with Gasteiger partial charge >= 0.3 is 12.0 Å². The van der Waals surface area contributed by atoms with Crippen LogP contribution in [0.1, 0.15) is 19.3 Å². The quantitative estimate of drug-likeness (QED) is 0.664. The highest BCUT2D eigenvalue weighted by Gasteiger charge is 2.21. The molecular weight excluding hydrogens is 172 g/mol. The lowest BCUT2D eigenvalue weighted by Gasteiger charge is -2.28. The Labute approximate surface area is 76.7 Å². The number of carbonyl (C=O) groups excluding carboxylic acids is 1. The van der Waals surface area contributed by atoms with Crippen LogP contribution in [0.3, 0.4) is 0 Å². The third kappa shape index (κ3) is 2.93. The summed E-state index contributed by atoms with van der Waals surface area (Å²) in [5.41, 5.74) is 0. The number of likely N-dealkylation sites (N-methyl/N-ethyl adjacent to an activating group) is 1. The number of carboxylic acid groups (broad SMARTS) is 1. The molecule has 1 saturated carbocycles. The van der Waals surface area contributed by atoms with Gasteiger partial charge in [0, 0.05) is 13.1 Å². The van der Waals surface area contributed by atoms with Crippen LogP contribution in [0.25, 0.3) is 0 Å². The molecule has 74 valence electrons. The summed E-state index contributed by atoms with van der Waals surface area (Å²) < 4.78 is 0. The predicted molar refractivity (Wildman–Crippen MR) is 46.4 cm³/mol. The number of nitrogens with zero attached hydrogens (tertiary/aromatic N) is 1. The number of carboxylic acids is 1. The first-order valence-electron chi connectivity index (χ1n) is 4.33. The molecule has 1 aliphatic carbocycles. The fourth-order valence-corrected chi connectivity index (χ4v) is 1.11. The Kier molecular flexibility index (Phi) is 3.11. The van der Waals surface area contributed by atoms with E-state index in [-0.39, 0.29) is 18.6 Å². The molecule has 2 N–H and O–H groups in total. The number of carbonyl (C=O) groups is 2. The van der Waals surface area contributed by atoms with Crippen LogP contribution in [-0.2, 0) is 4.79 Å². The van der Waals surface area contributed by atoms with E-state index in [0.29, 0.717) is 0 Å². The molecule has 0 atom stereocenters. The van der Waals surface area contributed by atoms with E-state index >= 15 is 0 Å². The zero-order valence-corrected chi connectivity index (χ0v) is 7.62. The summed E-state index contributed by atoms with van der Waals surface area (Å²) in [6.07, 6.45) is 3.16. The van der Waals surface area contributed by atoms with Crippen molar-refractivity contribution in [2.75, 3.05) is 13.6 Å². The molecule has 0 aliphatic heterocycles. The number of urea groups is 1. The van der Waals surface area contributed by atoms with Crippen LogP contribution < -0.4 is 5.32 Å². The number of nitrogens with one attached hydrogen (secondary N) is 1. The van der Waals surface area contributed by atoms with E-state index in [9.17, 15) is 9.59 Å². The van der Waals surface area contributed by atoms with Gasteiger partial charge in [-0.1, -0.05) is 0 Å². The topological polar surface area (TPSA) is 69.6 Å². The van der Waals surface area contributed by atoms with E-state index in [0.717, 1.165) is 19.3 Å². The van der Waals surface area contributed by atoms with Gasteiger partial charge in [0.15, 0.2) is 0 Å². The molecule has 0 saturated heterocycles. The lowest BCUT2D eigenvalue weighted by Crippen LogP contribution is -2.47. The van der Waals surface area contributed by atoms with Gasteiger partial charge in [0.1, 0.15) is 6.54 Å². The molecule has 0 bridgehead atoms. The first-order valence-corrected chi connectivity index (χ1v) is 4.33. The summed E-state index contributed by atoms with van der Waals surface area (Å²) in [6, 6.07) is -0.0455. The standard InChI is InChI=1S/C8H14N2O3/c1-10(5-7(11)12)8(13)9-6-3-2-4-6/h6H,2-5H2,1H3,(H,9,13)(H,11,12). The van der Waals surface area contributed by atoms with Gasteiger partial charge < -0.3 is 15.3 Å². The van der Waals surface area contributed by atoms with Gasteiger partial charge in [-0.05, 0) is 19.3 Å². The summed E-state index contributed by atoms with van der Waals surface area (Å²) in [7, 11) is 1.47. The van der Waals surface area contributed by atoms with E-state index in [4.69, 9.17) is 5.11 Å². The summed E-state index contributed by atoms with van der Waals surface area (Å²) >= 11 is 0. The Morgan fingerprint density at radius 1 is 1.54 bits per heavy atom. The monoisotopic (exact) mass is 186 g/mol. The highest BCUT2D eigenvalue weighted by atomic mass is 16.4. The first kappa shape index (κ1) is 9.83. The number of amides is 2. The Balaban J connectivity index is 2.24. The second kappa shape index (κ2) is 4.11. The number of aliphatic carboxylic acids is 1. The summed E-state index contributed by atoms with van der Waals surface area (Å²) in [4.78, 5) is 22.7. The van der Waals surface area contributed by atoms with Crippen LogP contribution in [-0.4, -0.2) is 41.6 Å². The average molecular weight is 186 g/mol. The van der Waals surface area contributed by atoms with Crippen molar-refractivity contribution in [3.05, 3.63) is 0 Å². The summed E-state index contributed by atoms with van der Waals surface area (Å²) in [5.74, 6) is -0.994. The van der Waals surface area contributed by atoms with Crippen molar-refractivity contribution in [1.82, 2.24) is 10.2 Å². The van der Waals surface area contributed by atoms with Crippen LogP contribution in [0.2, 0.25) is 0 Å². The smallest absolute Gasteiger partial charge is 0.323 e. The van der Waals surface area contributed by atoms with E-state index in [1.807, 2.05) is 0 Å². The number of hydrogen-bond acceptors (Lipinski definition) is 2. The predicted octanol–water partition coefficient (Wildman–Crippen LogP) is 0.265. The third-order valence-corrected chi connectivity index (χ3v) is 2.15. The molecule has 0 spiro atoms. The first-order chi connectivity index (χ1) is 6.09. The SMILES string of the molecule is CN(CC(=O)O)C(=O)NC1CCC1. The van der Waals surface area contributed by atoms with Crippen LogP contribution >= 0.6 is 0 Å². The fourth-order valence-electron chi connectivity index (χ4n) is 1.11. The Hall–Kier alpha value is -1.26. The maximum absolute atomic E-state index is 11.2. The average Bonchev–Trinajstić information content (AvgIpc) is 1.94. The largest absolute Gasteiger partial charge is 0.480 e. The molecule has 2 amide bonds. The maximum Gasteiger partial charge on any atom is 0.323 e. The van der Waals surface area contributed by atoms with Crippen molar-refractivity contribution < 1.29 is 14.7 Å². The zero-order valence-electron chi connectivity index (χ0n) is 7.62. The van der Waals surface area contributed by atoms with Crippen molar-refractivity contribution in [1.29, 1.82) is 0 Å². The second-order valence-corrected chi connectivity index (χ2v) is 3.33. The number of hydrogen-bond donors (Lipinski definition) is 2. The van der Waals surface area contributed by atoms with Crippen molar-refractivity contribution >= 4 is 12.0 Å². The molecule has 0 heterocycles. The van der Waals surface area contributed by atoms with E-state index in [2.05, 4.69) is 5.32 Å². The molecule has 0 radical (unpaired) electrons. The van der Waals surface area contributed by atoms with Crippen molar-refractivity contribution in [3.8, 4) is 0 Å². The van der Waals surface area contributed by atoms with Gasteiger partial charge in [0.25, 0.3) is 0 Å². The lowest BCUT2D eigenvalue weighted by molar-refractivity contribution is -0.137. The minimum atomic E-state index is -0.994. The fraction of sp³-hybridized carbons (Fsp3) is 0.750. The maximum atomic E-state index is 11.2. The molecule has 1 rings (SSSR count). The van der Waals surface area contributed by atoms with Crippen LogP contribution in [0, 0.1) is 0 Å². The molecule has 1 fully saturated rings. The summed E-state index contributed by atoms with van der Waals surface area (Å²) in [5, 5.41) is 11.2. The normalized spacial score (nSPS) is 16.1. The minimum absolute atomic E-state index is 0.251. The van der Waals surface area contributed by atoms with Gasteiger partial charge in [-0.15, -0.1) is 0 Å². The Morgan fingerprint density at radius 3 is 2.54 bits per heavy atom. The van der Waals surface area contributed by atoms with Gasteiger partial charge in [-0.25, -0.2) is 4.79 Å². The third-order valence-electron chi connectivity index (χ3n) is 2.15. The van der Waals surface area contributed by atoms with Crippen molar-refractivity contribution in [2.24, 2.45) is 0 Å². The molecule has 0 aromatic rings. The van der Waals surface area contributed by atoms with Crippen LogP contribution in [0.5, 0.6) is 0 Å². The van der Waals surface area contributed by atoms with Crippen molar-refractivity contribution in [3.63, 3.8) is 0 Å². The van der Waals surface area contributed by atoms with Crippen molar-refractivity contribution in [2.45, 2.75) is 25.3 Å². The van der Waals surface area contributed by atoms with E-state index in [1.165, 1.54) is 11.9 Å². The van der Waals surface area contributed by atoms with Crippen LogP contribution in [0.15, 0.2) is 0 Å². The molecule has 0 unspecified atom stereocenters. The highest BCUT2D eigenvalue weighted by molar-refractivity contribution is 5.80. The molecule has 5 heteroatoms. The Morgan fingerprint density at radius 2 is 2.15 bits per heavy atom. The van der Waals surface area contributed by atoms with E-state index < -0.39 is 5.97 Å². The molecule has 1 aliphatic rings. The van der Waals surface area contributed by atoms with Gasteiger partial charge in [-0.2, -0.15) is 0 Å². The van der Waals surface area contributed by atoms with E-state index in [1.54, 1.807) is 0 Å². The van der Waals surface area contributed by atoms with Gasteiger partial charge in [0.05, 0.1) is 0 Å². The lowest BCUT2D eigenvalue weighted by atomic mass is 9.93. The molecule has 0 aromatic carbocycles. The van der Waals surface area contributed by atoms with Crippen LogP contribution in [0.4, 0.5) is 4.79 Å². The highest BCUT2D eigenvalue weighted by Crippen LogP contribution is 2.17. The minimum Gasteiger partial charge on any atom is -0.480 e. The molecule has 5 nitrogen and oxygen atoms in total. The zero-order chi connectivity index (χ0) is 9.84. The second-order valence-electron chi connectivity index (χ2n) is 3.33. The van der Waals surface area contributed by atoms with Gasteiger partial charge in [-0.3, -0.25) is 4.79 Å².